The molecule has 2 nitrogen and oxygen atoms in total. The minimum Gasteiger partial charge on any atom is -0.418 e. The molecule has 0 amide bonds. The van der Waals surface area contributed by atoms with E-state index in [0.29, 0.717) is 0 Å². The molecule has 0 aliphatic carbocycles. The van der Waals surface area contributed by atoms with Crippen LogP contribution in [0.5, 0.6) is 0 Å². The van der Waals surface area contributed by atoms with E-state index in [1.54, 1.807) is 0 Å². The normalized spacial score (nSPS) is 12.0. The average molecular weight is 674 g/mol. The maximum Gasteiger partial charge on any atom is 0.673 e. The van der Waals surface area contributed by atoms with Gasteiger partial charge in [0, 0.05) is 23.3 Å². The molecule has 2 aromatic heterocycles. The van der Waals surface area contributed by atoms with Crippen molar-refractivity contribution in [2.75, 3.05) is 0 Å². The fourth-order valence-corrected chi connectivity index (χ4v) is 4.42. The Morgan fingerprint density at radius 2 is 0.646 bits per heavy atom. The Morgan fingerprint density at radius 3 is 0.896 bits per heavy atom. The summed E-state index contributed by atoms with van der Waals surface area (Å²) in [5, 5.41) is 0. The summed E-state index contributed by atoms with van der Waals surface area (Å²) >= 11 is 0. The quantitative estimate of drug-likeness (QED) is 0.108. The van der Waals surface area contributed by atoms with E-state index in [-0.39, 0.29) is 10.8 Å². The minimum absolute atomic E-state index is 0.107. The Balaban J connectivity index is 0.000000548. The van der Waals surface area contributed by atoms with Crippen molar-refractivity contribution >= 4 is 14.5 Å². The van der Waals surface area contributed by atoms with Crippen LogP contribution in [0.15, 0.2) is 118 Å². The molecule has 2 heterocycles. The summed E-state index contributed by atoms with van der Waals surface area (Å²) in [4.78, 5) is 0. The lowest BCUT2D eigenvalue weighted by molar-refractivity contribution is 0.366. The van der Waals surface area contributed by atoms with Crippen LogP contribution in [0.1, 0.15) is 53.1 Å². The van der Waals surface area contributed by atoms with Crippen LogP contribution in [0, 0.1) is 0 Å². The van der Waals surface area contributed by atoms with Crippen molar-refractivity contribution in [3.8, 4) is 44.9 Å². The number of hydrogen-bond donors (Lipinski definition) is 0. The van der Waals surface area contributed by atoms with Crippen molar-refractivity contribution in [3.05, 3.63) is 121 Å². The largest absolute Gasteiger partial charge is 0.673 e. The molecule has 0 spiro atoms. The first-order chi connectivity index (χ1) is 22.1. The Morgan fingerprint density at radius 1 is 0.375 bits per heavy atom. The van der Waals surface area contributed by atoms with Crippen LogP contribution >= 0.6 is 0 Å². The van der Waals surface area contributed by atoms with Crippen molar-refractivity contribution in [3.63, 3.8) is 0 Å². The predicted molar refractivity (Wildman–Crippen MR) is 179 cm³/mol. The molecule has 3 aromatic carbocycles. The molecule has 0 aliphatic heterocycles. The Labute approximate surface area is 275 Å². The van der Waals surface area contributed by atoms with Crippen molar-refractivity contribution in [1.29, 1.82) is 0 Å². The lowest BCUT2D eigenvalue weighted by Crippen LogP contribution is -2.11. The van der Waals surface area contributed by atoms with Gasteiger partial charge in [0.25, 0.3) is 0 Å². The van der Waals surface area contributed by atoms with Crippen LogP contribution < -0.4 is 0 Å². The number of rotatable bonds is 4. The van der Waals surface area contributed by atoms with E-state index in [1.807, 2.05) is 36.4 Å². The second-order valence-corrected chi connectivity index (χ2v) is 12.9. The predicted octanol–water partition coefficient (Wildman–Crippen LogP) is 13.3. The monoisotopic (exact) mass is 674 g/mol. The number of benzene rings is 3. The van der Waals surface area contributed by atoms with Gasteiger partial charge < -0.3 is 34.5 Å². The molecule has 48 heavy (non-hydrogen) atoms. The van der Waals surface area contributed by atoms with E-state index < -0.39 is 14.5 Å². The van der Waals surface area contributed by atoms with Crippen LogP contribution in [0.2, 0.25) is 0 Å². The van der Waals surface area contributed by atoms with Gasteiger partial charge in [0.15, 0.2) is 0 Å². The summed E-state index contributed by atoms with van der Waals surface area (Å²) < 4.78 is 90.7. The zero-order valence-electron chi connectivity index (χ0n) is 27.4. The topological polar surface area (TPSA) is 22.6 Å². The molecule has 0 fully saturated rings. The standard InChI is InChI=1S/C36H36O2.2BF4/c1-35(2,3)33-23-29(21-31(37-33)27-13-9-7-10-14-27)25-17-19-26(20-18-25)30-22-32(28-15-11-8-12-16-28)38-34(24-30)36(4,5)6;2*2-1(3,4)5/h7-24H,1-6H3;;/q+2;2*-1. The molecule has 0 saturated carbocycles. The zero-order chi connectivity index (χ0) is 35.9. The van der Waals surface area contributed by atoms with Crippen LogP contribution in [-0.2, 0) is 10.8 Å². The van der Waals surface area contributed by atoms with E-state index in [1.165, 1.54) is 0 Å². The summed E-state index contributed by atoms with van der Waals surface area (Å²) in [6.07, 6.45) is 0. The maximum atomic E-state index is 9.75. The summed E-state index contributed by atoms with van der Waals surface area (Å²) in [5.74, 6) is 3.68. The Kier molecular flexibility index (Phi) is 12.0. The van der Waals surface area contributed by atoms with Gasteiger partial charge in [0.1, 0.15) is 0 Å². The van der Waals surface area contributed by atoms with Crippen LogP contribution in [-0.4, -0.2) is 14.5 Å². The Hall–Kier alpha value is -4.47. The number of hydrogen-bond acceptors (Lipinski definition) is 0. The Bertz CT molecular complexity index is 1620. The average Bonchev–Trinajstić information content (AvgIpc) is 2.99. The van der Waals surface area contributed by atoms with Gasteiger partial charge in [-0.05, 0) is 76.9 Å². The van der Waals surface area contributed by atoms with Crippen LogP contribution in [0.3, 0.4) is 0 Å². The van der Waals surface area contributed by atoms with Crippen molar-refractivity contribution in [1.82, 2.24) is 0 Å². The third-order valence-corrected chi connectivity index (χ3v) is 6.73. The van der Waals surface area contributed by atoms with Gasteiger partial charge in [0.2, 0.25) is 0 Å². The molecule has 12 heteroatoms. The molecule has 0 saturated heterocycles. The molecule has 0 N–H and O–H groups in total. The van der Waals surface area contributed by atoms with E-state index in [4.69, 9.17) is 8.83 Å². The lowest BCUT2D eigenvalue weighted by atomic mass is 9.89. The van der Waals surface area contributed by atoms with Gasteiger partial charge in [0.05, 0.1) is 34.1 Å². The molecule has 0 radical (unpaired) electrons. The lowest BCUT2D eigenvalue weighted by Gasteiger charge is -2.12. The summed E-state index contributed by atoms with van der Waals surface area (Å²) in [6, 6.07) is 38.1. The second-order valence-electron chi connectivity index (χ2n) is 12.9. The van der Waals surface area contributed by atoms with Gasteiger partial charge in [-0.3, -0.25) is 0 Å². The highest BCUT2D eigenvalue weighted by Crippen LogP contribution is 2.36. The fourth-order valence-electron chi connectivity index (χ4n) is 4.42. The number of halogens is 8. The highest BCUT2D eigenvalue weighted by atomic mass is 19.5. The molecule has 0 unspecified atom stereocenters. The molecular weight excluding hydrogens is 638 g/mol. The third kappa shape index (κ3) is 12.6. The van der Waals surface area contributed by atoms with E-state index in [2.05, 4.69) is 114 Å². The minimum atomic E-state index is -6.00. The summed E-state index contributed by atoms with van der Waals surface area (Å²) in [7, 11) is -12.0. The van der Waals surface area contributed by atoms with Crippen molar-refractivity contribution < 1.29 is 43.4 Å². The van der Waals surface area contributed by atoms with Gasteiger partial charge in [-0.15, -0.1) is 0 Å². The summed E-state index contributed by atoms with van der Waals surface area (Å²) in [6.45, 7) is 13.1. The van der Waals surface area contributed by atoms with Gasteiger partial charge in [-0.25, -0.2) is 8.83 Å². The first-order valence-electron chi connectivity index (χ1n) is 15.0. The van der Waals surface area contributed by atoms with E-state index >= 15 is 0 Å². The van der Waals surface area contributed by atoms with E-state index in [0.717, 1.165) is 56.4 Å². The van der Waals surface area contributed by atoms with Gasteiger partial charge in [-0.2, -0.15) is 0 Å². The first kappa shape index (κ1) is 38.0. The van der Waals surface area contributed by atoms with Gasteiger partial charge in [-0.1, -0.05) is 60.7 Å². The SMILES string of the molecule is CC(C)(C)c1cc(-c2ccc(-c3cc(-c4ccccc4)[o+]c(C(C)(C)C)c3)cc2)cc(-c2ccccc2)[o+]1.F[B-](F)(F)F.F[B-](F)(F)F. The highest BCUT2D eigenvalue weighted by molar-refractivity contribution is 6.50. The molecule has 254 valence electrons. The molecule has 5 aromatic rings. The maximum absolute atomic E-state index is 9.75. The fraction of sp³-hybridized carbons (Fsp3) is 0.222. The van der Waals surface area contributed by atoms with Crippen LogP contribution in [0.25, 0.3) is 44.9 Å². The first-order valence-corrected chi connectivity index (χ1v) is 15.0. The van der Waals surface area contributed by atoms with Crippen LogP contribution in [0.4, 0.5) is 34.5 Å². The van der Waals surface area contributed by atoms with Crippen molar-refractivity contribution in [2.45, 2.75) is 52.4 Å². The molecule has 0 bridgehead atoms. The third-order valence-electron chi connectivity index (χ3n) is 6.73. The zero-order valence-corrected chi connectivity index (χ0v) is 27.4. The summed E-state index contributed by atoms with van der Waals surface area (Å²) in [5.41, 5.74) is 6.55. The highest BCUT2D eigenvalue weighted by Gasteiger charge is 2.31. The molecular formula is C36H36B2F8O2. The van der Waals surface area contributed by atoms with E-state index in [9.17, 15) is 34.5 Å². The molecule has 0 atom stereocenters. The second kappa shape index (κ2) is 15.2. The van der Waals surface area contributed by atoms with Gasteiger partial charge >= 0.3 is 37.5 Å². The molecule has 5 rings (SSSR count). The van der Waals surface area contributed by atoms with Crippen molar-refractivity contribution in [2.24, 2.45) is 0 Å². The molecule has 0 aliphatic rings. The smallest absolute Gasteiger partial charge is 0.418 e.